The molecule has 1 aromatic rings. The van der Waals surface area contributed by atoms with Crippen molar-refractivity contribution in [2.75, 3.05) is 26.2 Å². The molecule has 0 aliphatic rings. The average Bonchev–Trinajstić information content (AvgIpc) is 2.55. The van der Waals surface area contributed by atoms with Crippen LogP contribution in [0.4, 0.5) is 4.79 Å². The van der Waals surface area contributed by atoms with Gasteiger partial charge in [-0.2, -0.15) is 0 Å². The monoisotopic (exact) mass is 335 g/mol. The molecule has 0 saturated carbocycles. The fourth-order valence-electron chi connectivity index (χ4n) is 2.50. The van der Waals surface area contributed by atoms with Gasteiger partial charge in [0.05, 0.1) is 6.54 Å². The van der Waals surface area contributed by atoms with Crippen molar-refractivity contribution in [3.8, 4) is 0 Å². The Morgan fingerprint density at radius 3 is 2.17 bits per heavy atom. The third-order valence-corrected chi connectivity index (χ3v) is 3.59. The summed E-state index contributed by atoms with van der Waals surface area (Å²) in [6.07, 6.45) is 0. The van der Waals surface area contributed by atoms with Crippen LogP contribution in [0.25, 0.3) is 0 Å². The van der Waals surface area contributed by atoms with Gasteiger partial charge in [-0.1, -0.05) is 30.3 Å². The van der Waals surface area contributed by atoms with Crippen molar-refractivity contribution in [2.45, 2.75) is 26.8 Å². The molecule has 0 aliphatic carbocycles. The predicted molar refractivity (Wildman–Crippen MR) is 91.5 cm³/mol. The fourth-order valence-corrected chi connectivity index (χ4v) is 2.50. The zero-order valence-corrected chi connectivity index (χ0v) is 14.5. The molecule has 0 heterocycles. The first-order chi connectivity index (χ1) is 11.5. The lowest BCUT2D eigenvalue weighted by Gasteiger charge is -2.26. The van der Waals surface area contributed by atoms with Gasteiger partial charge in [-0.3, -0.25) is 14.9 Å². The minimum atomic E-state index is -0.638. The molecule has 0 bridgehead atoms. The number of hydrogen-bond donors (Lipinski definition) is 4. The smallest absolute Gasteiger partial charge is 0.321 e. The summed E-state index contributed by atoms with van der Waals surface area (Å²) in [7, 11) is 0. The van der Waals surface area contributed by atoms with Gasteiger partial charge in [0.2, 0.25) is 0 Å². The molecule has 0 saturated heterocycles. The first-order valence-corrected chi connectivity index (χ1v) is 8.28. The van der Waals surface area contributed by atoms with Crippen molar-refractivity contribution in [3.05, 3.63) is 35.9 Å². The van der Waals surface area contributed by atoms with Crippen LogP contribution in [-0.4, -0.2) is 44.0 Å². The number of nitrogens with one attached hydrogen (secondary N) is 4. The summed E-state index contributed by atoms with van der Waals surface area (Å²) in [4.78, 5) is 37.1. The van der Waals surface area contributed by atoms with Crippen molar-refractivity contribution >= 4 is 17.8 Å². The number of carbonyl (C=O) groups is 3. The van der Waals surface area contributed by atoms with Crippen molar-refractivity contribution in [1.82, 2.24) is 16.0 Å². The van der Waals surface area contributed by atoms with Gasteiger partial charge < -0.3 is 15.5 Å². The van der Waals surface area contributed by atoms with E-state index in [9.17, 15) is 14.4 Å². The highest BCUT2D eigenvalue weighted by Gasteiger charge is 2.32. The summed E-state index contributed by atoms with van der Waals surface area (Å²) in [5, 5.41) is 7.65. The molecule has 7 heteroatoms. The van der Waals surface area contributed by atoms with Crippen molar-refractivity contribution in [3.63, 3.8) is 0 Å². The van der Waals surface area contributed by atoms with E-state index in [1.165, 1.54) is 0 Å². The average molecular weight is 335 g/mol. The first kappa shape index (κ1) is 19.6. The van der Waals surface area contributed by atoms with Gasteiger partial charge >= 0.3 is 6.03 Å². The van der Waals surface area contributed by atoms with E-state index in [2.05, 4.69) is 16.0 Å². The summed E-state index contributed by atoms with van der Waals surface area (Å²) in [6.45, 7) is 7.23. The van der Waals surface area contributed by atoms with Crippen molar-refractivity contribution in [1.29, 1.82) is 0 Å². The number of benzene rings is 1. The Morgan fingerprint density at radius 2 is 1.62 bits per heavy atom. The van der Waals surface area contributed by atoms with E-state index >= 15 is 0 Å². The topological polar surface area (TPSA) is 91.7 Å². The number of quaternary nitrogens is 1. The molecule has 2 atom stereocenters. The number of amides is 4. The fraction of sp³-hybridized carbons (Fsp3) is 0.471. The normalized spacial score (nSPS) is 12.8. The summed E-state index contributed by atoms with van der Waals surface area (Å²) in [5.74, 6) is -0.547. The first-order valence-electron chi connectivity index (χ1n) is 8.28. The molecule has 1 rings (SSSR count). The van der Waals surface area contributed by atoms with E-state index < -0.39 is 18.0 Å². The second-order valence-corrected chi connectivity index (χ2v) is 5.33. The van der Waals surface area contributed by atoms with Gasteiger partial charge in [-0.15, -0.1) is 0 Å². The Labute approximate surface area is 142 Å². The van der Waals surface area contributed by atoms with E-state index in [4.69, 9.17) is 0 Å². The van der Waals surface area contributed by atoms with E-state index in [0.29, 0.717) is 19.6 Å². The number of hydrogen-bond acceptors (Lipinski definition) is 3. The van der Waals surface area contributed by atoms with Crippen LogP contribution < -0.4 is 20.9 Å². The minimum Gasteiger partial charge on any atom is -0.351 e. The van der Waals surface area contributed by atoms with Gasteiger partial charge in [0.1, 0.15) is 0 Å². The molecular formula is C17H27N4O3+. The van der Waals surface area contributed by atoms with Crippen LogP contribution in [0, 0.1) is 0 Å². The maximum atomic E-state index is 12.6. The molecule has 1 unspecified atom stereocenters. The molecule has 4 amide bonds. The lowest BCUT2D eigenvalue weighted by molar-refractivity contribution is -0.912. The molecule has 132 valence electrons. The molecule has 7 nitrogen and oxygen atoms in total. The summed E-state index contributed by atoms with van der Waals surface area (Å²) < 4.78 is 0. The van der Waals surface area contributed by atoms with Crippen LogP contribution >= 0.6 is 0 Å². The molecule has 0 aliphatic heterocycles. The lowest BCUT2D eigenvalue weighted by atomic mass is 10.0. The van der Waals surface area contributed by atoms with Crippen LogP contribution in [0.15, 0.2) is 30.3 Å². The molecule has 0 fully saturated rings. The minimum absolute atomic E-state index is 0.124. The summed E-state index contributed by atoms with van der Waals surface area (Å²) in [6, 6.07) is 8.02. The Kier molecular flexibility index (Phi) is 8.49. The molecular weight excluding hydrogens is 308 g/mol. The zero-order valence-electron chi connectivity index (χ0n) is 14.5. The van der Waals surface area contributed by atoms with Crippen molar-refractivity contribution < 1.29 is 19.3 Å². The molecule has 0 radical (unpaired) electrons. The Bertz CT molecular complexity index is 548. The van der Waals surface area contributed by atoms with Crippen LogP contribution in [-0.2, 0) is 9.59 Å². The Morgan fingerprint density at radius 1 is 1.00 bits per heavy atom. The van der Waals surface area contributed by atoms with E-state index in [0.717, 1.165) is 10.5 Å². The lowest BCUT2D eigenvalue weighted by Crippen LogP contribution is -3.14. The quantitative estimate of drug-likeness (QED) is 0.522. The summed E-state index contributed by atoms with van der Waals surface area (Å²) >= 11 is 0. The number of urea groups is 1. The van der Waals surface area contributed by atoms with Crippen LogP contribution in [0.1, 0.15) is 32.4 Å². The molecule has 4 N–H and O–H groups in total. The standard InChI is InChI=1S/C17H26N4O3/c1-4-18-14(22)12-21(6-3)15(13-10-8-7-9-11-13)16(23)20-17(24)19-5-2/h7-11,15H,4-6,12H2,1-3H3,(H,18,22)(H2,19,20,23,24)/p+1/t15-/m0/s1. The Balaban J connectivity index is 3.01. The molecule has 0 spiro atoms. The maximum Gasteiger partial charge on any atom is 0.321 e. The number of imide groups is 1. The highest BCUT2D eigenvalue weighted by atomic mass is 16.2. The van der Waals surface area contributed by atoms with Crippen molar-refractivity contribution in [2.24, 2.45) is 0 Å². The third kappa shape index (κ3) is 6.00. The van der Waals surface area contributed by atoms with Gasteiger partial charge in [0.15, 0.2) is 12.6 Å². The highest BCUT2D eigenvalue weighted by molar-refractivity contribution is 5.96. The number of likely N-dealkylation sites (N-methyl/N-ethyl adjacent to an activating group) is 2. The van der Waals surface area contributed by atoms with Gasteiger partial charge in [0.25, 0.3) is 11.8 Å². The Hall–Kier alpha value is -2.41. The second kappa shape index (κ2) is 10.4. The maximum absolute atomic E-state index is 12.6. The second-order valence-electron chi connectivity index (χ2n) is 5.33. The zero-order chi connectivity index (χ0) is 17.9. The van der Waals surface area contributed by atoms with E-state index in [1.54, 1.807) is 6.92 Å². The van der Waals surface area contributed by atoms with Crippen LogP contribution in [0.3, 0.4) is 0 Å². The largest absolute Gasteiger partial charge is 0.351 e. The number of rotatable bonds is 8. The predicted octanol–water partition coefficient (Wildman–Crippen LogP) is -0.386. The molecule has 24 heavy (non-hydrogen) atoms. The molecule has 0 aromatic heterocycles. The van der Waals surface area contributed by atoms with E-state index in [1.807, 2.05) is 44.2 Å². The van der Waals surface area contributed by atoms with Crippen LogP contribution in [0.5, 0.6) is 0 Å². The van der Waals surface area contributed by atoms with Crippen LogP contribution in [0.2, 0.25) is 0 Å². The third-order valence-electron chi connectivity index (χ3n) is 3.59. The SMILES string of the molecule is CCNC(=O)C[NH+](CC)[C@H](C(=O)NC(=O)NCC)c1ccccc1. The summed E-state index contributed by atoms with van der Waals surface area (Å²) in [5.41, 5.74) is 0.764. The highest BCUT2D eigenvalue weighted by Crippen LogP contribution is 2.09. The van der Waals surface area contributed by atoms with Gasteiger partial charge in [0, 0.05) is 18.7 Å². The van der Waals surface area contributed by atoms with Gasteiger partial charge in [-0.05, 0) is 20.8 Å². The van der Waals surface area contributed by atoms with E-state index in [-0.39, 0.29) is 12.5 Å². The number of carbonyl (C=O) groups excluding carboxylic acids is 3. The molecule has 1 aromatic carbocycles. The van der Waals surface area contributed by atoms with Gasteiger partial charge in [-0.25, -0.2) is 4.79 Å².